The molecule has 0 fully saturated rings. The van der Waals surface area contributed by atoms with Gasteiger partial charge in [0.15, 0.2) is 5.78 Å². The standard InChI is InChI=1S/C17H12N4O2S/c22-15(13-9-19-14-6-2-1-5-12(13)14)10-24-17-21-20-16(23-17)11-4-3-7-18-8-11/h1-9,19H,10H2. The molecule has 1 aromatic carbocycles. The van der Waals surface area contributed by atoms with E-state index in [9.17, 15) is 4.79 Å². The first-order chi connectivity index (χ1) is 11.8. The molecular weight excluding hydrogens is 324 g/mol. The highest BCUT2D eigenvalue weighted by Crippen LogP contribution is 2.25. The molecule has 0 bridgehead atoms. The number of pyridine rings is 1. The first-order valence-electron chi connectivity index (χ1n) is 7.27. The molecular formula is C17H12N4O2S. The summed E-state index contributed by atoms with van der Waals surface area (Å²) in [7, 11) is 0. The molecule has 0 spiro atoms. The van der Waals surface area contributed by atoms with Gasteiger partial charge < -0.3 is 9.40 Å². The van der Waals surface area contributed by atoms with Crippen molar-refractivity contribution in [2.75, 3.05) is 5.75 Å². The number of aromatic amines is 1. The van der Waals surface area contributed by atoms with E-state index in [4.69, 9.17) is 4.42 Å². The van der Waals surface area contributed by atoms with Gasteiger partial charge in [-0.2, -0.15) is 0 Å². The molecule has 0 aliphatic carbocycles. The highest BCUT2D eigenvalue weighted by molar-refractivity contribution is 7.99. The Morgan fingerprint density at radius 3 is 2.96 bits per heavy atom. The summed E-state index contributed by atoms with van der Waals surface area (Å²) in [4.78, 5) is 19.5. The van der Waals surface area contributed by atoms with E-state index < -0.39 is 0 Å². The molecule has 0 saturated carbocycles. The van der Waals surface area contributed by atoms with Gasteiger partial charge in [-0.1, -0.05) is 30.0 Å². The van der Waals surface area contributed by atoms with Crippen molar-refractivity contribution in [2.45, 2.75) is 5.22 Å². The van der Waals surface area contributed by atoms with Gasteiger partial charge >= 0.3 is 0 Å². The summed E-state index contributed by atoms with van der Waals surface area (Å²) in [6.45, 7) is 0. The van der Waals surface area contributed by atoms with Crippen LogP contribution in [0.3, 0.4) is 0 Å². The quantitative estimate of drug-likeness (QED) is 0.443. The largest absolute Gasteiger partial charge is 0.411 e. The summed E-state index contributed by atoms with van der Waals surface area (Å²) < 4.78 is 5.57. The number of para-hydroxylation sites is 1. The molecule has 0 unspecified atom stereocenters. The Labute approximate surface area is 141 Å². The summed E-state index contributed by atoms with van der Waals surface area (Å²) in [6, 6.07) is 11.4. The van der Waals surface area contributed by atoms with Crippen LogP contribution in [0.25, 0.3) is 22.4 Å². The van der Waals surface area contributed by atoms with Crippen LogP contribution < -0.4 is 0 Å². The van der Waals surface area contributed by atoms with Gasteiger partial charge in [0.1, 0.15) is 0 Å². The Bertz CT molecular complexity index is 994. The fourth-order valence-electron chi connectivity index (χ4n) is 2.38. The van der Waals surface area contributed by atoms with E-state index in [1.807, 2.05) is 30.3 Å². The summed E-state index contributed by atoms with van der Waals surface area (Å²) in [5.41, 5.74) is 2.37. The van der Waals surface area contributed by atoms with Crippen molar-refractivity contribution >= 4 is 28.4 Å². The molecule has 118 valence electrons. The van der Waals surface area contributed by atoms with E-state index in [-0.39, 0.29) is 11.5 Å². The molecule has 0 amide bonds. The van der Waals surface area contributed by atoms with Crippen LogP contribution >= 0.6 is 11.8 Å². The van der Waals surface area contributed by atoms with Crippen LogP contribution in [0, 0.1) is 0 Å². The second-order valence-corrected chi connectivity index (χ2v) is 6.00. The lowest BCUT2D eigenvalue weighted by Crippen LogP contribution is -2.01. The molecule has 6 nitrogen and oxygen atoms in total. The van der Waals surface area contributed by atoms with Gasteiger partial charge in [0, 0.05) is 35.1 Å². The maximum absolute atomic E-state index is 12.4. The number of carbonyl (C=O) groups excluding carboxylic acids is 1. The number of carbonyl (C=O) groups is 1. The molecule has 4 aromatic rings. The van der Waals surface area contributed by atoms with Gasteiger partial charge in [-0.05, 0) is 18.2 Å². The van der Waals surface area contributed by atoms with Gasteiger partial charge in [-0.15, -0.1) is 10.2 Å². The number of fused-ring (bicyclic) bond motifs is 1. The molecule has 0 saturated heterocycles. The maximum Gasteiger partial charge on any atom is 0.277 e. The van der Waals surface area contributed by atoms with E-state index in [2.05, 4.69) is 20.2 Å². The molecule has 1 N–H and O–H groups in total. The first-order valence-corrected chi connectivity index (χ1v) is 8.26. The lowest BCUT2D eigenvalue weighted by atomic mass is 10.1. The number of Topliss-reactive ketones (excluding diaryl/α,β-unsaturated/α-hetero) is 1. The van der Waals surface area contributed by atoms with Gasteiger partial charge in [-0.3, -0.25) is 9.78 Å². The molecule has 0 atom stereocenters. The third-order valence-electron chi connectivity index (χ3n) is 3.53. The molecule has 3 heterocycles. The molecule has 0 aliphatic rings. The van der Waals surface area contributed by atoms with Crippen LogP contribution in [0.4, 0.5) is 0 Å². The Kier molecular flexibility index (Phi) is 3.84. The Balaban J connectivity index is 1.47. The molecule has 3 aromatic heterocycles. The van der Waals surface area contributed by atoms with Gasteiger partial charge in [0.2, 0.25) is 5.89 Å². The predicted molar refractivity (Wildman–Crippen MR) is 90.9 cm³/mol. The third kappa shape index (κ3) is 2.81. The van der Waals surface area contributed by atoms with Crippen molar-refractivity contribution in [1.29, 1.82) is 0 Å². The van der Waals surface area contributed by atoms with Crippen molar-refractivity contribution in [3.8, 4) is 11.5 Å². The second kappa shape index (κ2) is 6.29. The lowest BCUT2D eigenvalue weighted by molar-refractivity contribution is 0.102. The monoisotopic (exact) mass is 336 g/mol. The number of aromatic nitrogens is 4. The third-order valence-corrected chi connectivity index (χ3v) is 4.35. The Morgan fingerprint density at radius 1 is 1.17 bits per heavy atom. The summed E-state index contributed by atoms with van der Waals surface area (Å²) in [5.74, 6) is 0.639. The first kappa shape index (κ1) is 14.6. The molecule has 4 rings (SSSR count). The highest BCUT2D eigenvalue weighted by Gasteiger charge is 2.15. The van der Waals surface area contributed by atoms with Crippen LogP contribution in [0.2, 0.25) is 0 Å². The minimum absolute atomic E-state index is 0.0126. The second-order valence-electron chi connectivity index (χ2n) is 5.07. The van der Waals surface area contributed by atoms with Crippen molar-refractivity contribution in [3.63, 3.8) is 0 Å². The van der Waals surface area contributed by atoms with E-state index in [0.717, 1.165) is 16.5 Å². The SMILES string of the molecule is O=C(CSc1nnc(-c2cccnc2)o1)c1c[nH]c2ccccc12. The fraction of sp³-hybridized carbons (Fsp3) is 0.0588. The molecule has 0 aliphatic heterocycles. The zero-order valence-corrected chi connectivity index (χ0v) is 13.3. The molecule has 0 radical (unpaired) electrons. The minimum Gasteiger partial charge on any atom is -0.411 e. The average Bonchev–Trinajstić information content (AvgIpc) is 3.27. The number of ketones is 1. The van der Waals surface area contributed by atoms with Crippen LogP contribution in [0.1, 0.15) is 10.4 Å². The van der Waals surface area contributed by atoms with Crippen LogP contribution in [0.15, 0.2) is 64.6 Å². The zero-order chi connectivity index (χ0) is 16.4. The van der Waals surface area contributed by atoms with Crippen LogP contribution in [-0.2, 0) is 0 Å². The van der Waals surface area contributed by atoms with E-state index >= 15 is 0 Å². The van der Waals surface area contributed by atoms with Crippen LogP contribution in [0.5, 0.6) is 0 Å². The van der Waals surface area contributed by atoms with E-state index in [1.165, 1.54) is 11.8 Å². The normalized spacial score (nSPS) is 11.0. The van der Waals surface area contributed by atoms with E-state index in [1.54, 1.807) is 24.7 Å². The summed E-state index contributed by atoms with van der Waals surface area (Å²) in [5, 5.41) is 9.23. The van der Waals surface area contributed by atoms with E-state index in [0.29, 0.717) is 16.7 Å². The smallest absolute Gasteiger partial charge is 0.277 e. The Morgan fingerprint density at radius 2 is 2.08 bits per heavy atom. The number of hydrogen-bond donors (Lipinski definition) is 1. The lowest BCUT2D eigenvalue weighted by Gasteiger charge is -1.97. The van der Waals surface area contributed by atoms with Crippen molar-refractivity contribution in [3.05, 3.63) is 60.6 Å². The van der Waals surface area contributed by atoms with Crippen molar-refractivity contribution in [2.24, 2.45) is 0 Å². The number of nitrogens with one attached hydrogen (secondary N) is 1. The number of rotatable bonds is 5. The number of hydrogen-bond acceptors (Lipinski definition) is 6. The van der Waals surface area contributed by atoms with Gasteiger partial charge in [-0.25, -0.2) is 0 Å². The van der Waals surface area contributed by atoms with Crippen molar-refractivity contribution < 1.29 is 9.21 Å². The Hall–Kier alpha value is -2.93. The molecule has 24 heavy (non-hydrogen) atoms. The number of H-pyrrole nitrogens is 1. The number of nitrogens with zero attached hydrogens (tertiary/aromatic N) is 3. The maximum atomic E-state index is 12.4. The van der Waals surface area contributed by atoms with Crippen molar-refractivity contribution in [1.82, 2.24) is 20.2 Å². The zero-order valence-electron chi connectivity index (χ0n) is 12.5. The number of thioether (sulfide) groups is 1. The molecule has 7 heteroatoms. The van der Waals surface area contributed by atoms with Gasteiger partial charge in [0.25, 0.3) is 5.22 Å². The summed E-state index contributed by atoms with van der Waals surface area (Å²) >= 11 is 1.23. The average molecular weight is 336 g/mol. The number of benzene rings is 1. The van der Waals surface area contributed by atoms with Crippen LogP contribution in [-0.4, -0.2) is 31.7 Å². The minimum atomic E-state index is 0.0126. The highest BCUT2D eigenvalue weighted by atomic mass is 32.2. The topological polar surface area (TPSA) is 84.7 Å². The summed E-state index contributed by atoms with van der Waals surface area (Å²) in [6.07, 6.45) is 5.07. The van der Waals surface area contributed by atoms with Gasteiger partial charge in [0.05, 0.1) is 11.3 Å². The fourth-order valence-corrected chi connectivity index (χ4v) is 3.03. The predicted octanol–water partition coefficient (Wildman–Crippen LogP) is 3.59.